The summed E-state index contributed by atoms with van der Waals surface area (Å²) in [6.45, 7) is 1.93. The first-order valence-electron chi connectivity index (χ1n) is 5.98. The Morgan fingerprint density at radius 2 is 1.90 bits per heavy atom. The molecule has 1 unspecified atom stereocenters. The topological polar surface area (TPSA) is 40.9 Å². The molecule has 0 bridgehead atoms. The van der Waals surface area contributed by atoms with E-state index in [-0.39, 0.29) is 5.56 Å². The van der Waals surface area contributed by atoms with E-state index in [4.69, 9.17) is 0 Å². The van der Waals surface area contributed by atoms with Gasteiger partial charge in [0.2, 0.25) is 0 Å². The van der Waals surface area contributed by atoms with E-state index >= 15 is 0 Å². The van der Waals surface area contributed by atoms with E-state index in [1.54, 1.807) is 12.1 Å². The average molecular weight is 332 g/mol. The Morgan fingerprint density at radius 1 is 1.25 bits per heavy atom. The Labute approximate surface area is 125 Å². The summed E-state index contributed by atoms with van der Waals surface area (Å²) in [4.78, 5) is 12.4. The standard InChI is InChI=1S/C16H11BrFNO/c1-10-2-4-11(5-3-10)15(9-19)16(20)12-6-13(17)8-14(18)7-12/h2-8,15H,1H3. The highest BCUT2D eigenvalue weighted by Crippen LogP contribution is 2.23. The summed E-state index contributed by atoms with van der Waals surface area (Å²) < 4.78 is 13.8. The van der Waals surface area contributed by atoms with Crippen molar-refractivity contribution >= 4 is 21.7 Å². The van der Waals surface area contributed by atoms with Crippen LogP contribution in [0.1, 0.15) is 27.4 Å². The molecule has 4 heteroatoms. The van der Waals surface area contributed by atoms with Crippen LogP contribution in [0.4, 0.5) is 4.39 Å². The molecular formula is C16H11BrFNO. The van der Waals surface area contributed by atoms with E-state index < -0.39 is 17.5 Å². The molecule has 0 spiro atoms. The molecule has 100 valence electrons. The van der Waals surface area contributed by atoms with Crippen LogP contribution in [-0.2, 0) is 0 Å². The predicted octanol–water partition coefficient (Wildman–Crippen LogP) is 4.39. The highest BCUT2D eigenvalue weighted by Gasteiger charge is 2.22. The normalized spacial score (nSPS) is 11.7. The molecule has 0 saturated carbocycles. The second kappa shape index (κ2) is 5.98. The number of hydrogen-bond acceptors (Lipinski definition) is 2. The third-order valence-electron chi connectivity index (χ3n) is 2.95. The third-order valence-corrected chi connectivity index (χ3v) is 3.41. The van der Waals surface area contributed by atoms with Crippen LogP contribution in [0.5, 0.6) is 0 Å². The number of ketones is 1. The molecule has 0 heterocycles. The molecule has 0 aliphatic rings. The van der Waals surface area contributed by atoms with Crippen molar-refractivity contribution in [1.29, 1.82) is 5.26 Å². The van der Waals surface area contributed by atoms with Gasteiger partial charge < -0.3 is 0 Å². The second-order valence-corrected chi connectivity index (χ2v) is 5.41. The molecule has 0 fully saturated rings. The summed E-state index contributed by atoms with van der Waals surface area (Å²) in [5.74, 6) is -1.84. The molecule has 20 heavy (non-hydrogen) atoms. The van der Waals surface area contributed by atoms with Gasteiger partial charge in [-0.1, -0.05) is 45.8 Å². The number of halogens is 2. The van der Waals surface area contributed by atoms with E-state index in [0.29, 0.717) is 10.0 Å². The number of Topliss-reactive ketones (excluding diaryl/α,β-unsaturated/α-hetero) is 1. The minimum absolute atomic E-state index is 0.184. The number of rotatable bonds is 3. The molecule has 2 aromatic rings. The summed E-state index contributed by atoms with van der Waals surface area (Å²) in [5, 5.41) is 9.24. The Hall–Kier alpha value is -1.99. The maximum atomic E-state index is 13.3. The maximum Gasteiger partial charge on any atom is 0.184 e. The van der Waals surface area contributed by atoms with Crippen LogP contribution in [0.25, 0.3) is 0 Å². The fourth-order valence-electron chi connectivity index (χ4n) is 1.91. The van der Waals surface area contributed by atoms with Crippen LogP contribution < -0.4 is 0 Å². The van der Waals surface area contributed by atoms with Crippen LogP contribution in [-0.4, -0.2) is 5.78 Å². The SMILES string of the molecule is Cc1ccc(C(C#N)C(=O)c2cc(F)cc(Br)c2)cc1. The van der Waals surface area contributed by atoms with Crippen molar-refractivity contribution in [2.24, 2.45) is 0 Å². The molecule has 0 aromatic heterocycles. The van der Waals surface area contributed by atoms with E-state index in [0.717, 1.165) is 11.6 Å². The highest BCUT2D eigenvalue weighted by molar-refractivity contribution is 9.10. The largest absolute Gasteiger partial charge is 0.292 e. The zero-order valence-electron chi connectivity index (χ0n) is 10.7. The van der Waals surface area contributed by atoms with Crippen LogP contribution in [0.3, 0.4) is 0 Å². The third kappa shape index (κ3) is 3.12. The fraction of sp³-hybridized carbons (Fsp3) is 0.125. The second-order valence-electron chi connectivity index (χ2n) is 4.50. The summed E-state index contributed by atoms with van der Waals surface area (Å²) in [5.41, 5.74) is 1.85. The van der Waals surface area contributed by atoms with E-state index in [1.165, 1.54) is 12.1 Å². The summed E-state index contributed by atoms with van der Waals surface area (Å²) >= 11 is 3.14. The molecule has 0 radical (unpaired) electrons. The van der Waals surface area contributed by atoms with Gasteiger partial charge in [-0.25, -0.2) is 4.39 Å². The fourth-order valence-corrected chi connectivity index (χ4v) is 2.37. The van der Waals surface area contributed by atoms with Crippen molar-refractivity contribution < 1.29 is 9.18 Å². The quantitative estimate of drug-likeness (QED) is 0.783. The Bertz CT molecular complexity index is 668. The van der Waals surface area contributed by atoms with Crippen molar-refractivity contribution in [3.8, 4) is 6.07 Å². The van der Waals surface area contributed by atoms with E-state index in [2.05, 4.69) is 15.9 Å². The van der Waals surface area contributed by atoms with Gasteiger partial charge in [0.05, 0.1) is 6.07 Å². The minimum Gasteiger partial charge on any atom is -0.292 e. The monoisotopic (exact) mass is 331 g/mol. The number of nitrogens with zero attached hydrogens (tertiary/aromatic N) is 1. The zero-order chi connectivity index (χ0) is 14.7. The molecule has 0 amide bonds. The molecule has 0 N–H and O–H groups in total. The van der Waals surface area contributed by atoms with Crippen LogP contribution in [0.2, 0.25) is 0 Å². The van der Waals surface area contributed by atoms with Crippen molar-refractivity contribution in [3.05, 3.63) is 69.4 Å². The molecular weight excluding hydrogens is 321 g/mol. The van der Waals surface area contributed by atoms with Crippen LogP contribution >= 0.6 is 15.9 Å². The van der Waals surface area contributed by atoms with Crippen molar-refractivity contribution in [1.82, 2.24) is 0 Å². The van der Waals surface area contributed by atoms with Gasteiger partial charge in [-0.2, -0.15) is 5.26 Å². The number of aryl methyl sites for hydroxylation is 1. The number of carbonyl (C=O) groups is 1. The van der Waals surface area contributed by atoms with Crippen molar-refractivity contribution in [2.75, 3.05) is 0 Å². The van der Waals surface area contributed by atoms with Crippen molar-refractivity contribution in [2.45, 2.75) is 12.8 Å². The number of benzene rings is 2. The predicted molar refractivity (Wildman–Crippen MR) is 78.0 cm³/mol. The summed E-state index contributed by atoms with van der Waals surface area (Å²) in [7, 11) is 0. The number of carbonyl (C=O) groups excluding carboxylic acids is 1. The molecule has 0 saturated heterocycles. The first-order valence-corrected chi connectivity index (χ1v) is 6.77. The van der Waals surface area contributed by atoms with Gasteiger partial charge >= 0.3 is 0 Å². The van der Waals surface area contributed by atoms with Gasteiger partial charge in [0.15, 0.2) is 5.78 Å². The number of nitriles is 1. The first-order chi connectivity index (χ1) is 9.51. The number of hydrogen-bond donors (Lipinski definition) is 0. The van der Waals surface area contributed by atoms with Gasteiger partial charge in [0.1, 0.15) is 11.7 Å². The molecule has 2 aromatic carbocycles. The first kappa shape index (κ1) is 14.4. The lowest BCUT2D eigenvalue weighted by atomic mass is 9.91. The lowest BCUT2D eigenvalue weighted by Crippen LogP contribution is -2.11. The van der Waals surface area contributed by atoms with Gasteiger partial charge in [-0.05, 0) is 30.7 Å². The average Bonchev–Trinajstić information content (AvgIpc) is 2.40. The van der Waals surface area contributed by atoms with Gasteiger partial charge in [-0.15, -0.1) is 0 Å². The molecule has 2 nitrogen and oxygen atoms in total. The van der Waals surface area contributed by atoms with Crippen molar-refractivity contribution in [3.63, 3.8) is 0 Å². The van der Waals surface area contributed by atoms with E-state index in [9.17, 15) is 14.4 Å². The Kier molecular flexibility index (Phi) is 4.31. The maximum absolute atomic E-state index is 13.3. The Morgan fingerprint density at radius 3 is 2.45 bits per heavy atom. The molecule has 0 aliphatic heterocycles. The highest BCUT2D eigenvalue weighted by atomic mass is 79.9. The molecule has 0 aliphatic carbocycles. The van der Waals surface area contributed by atoms with Gasteiger partial charge in [-0.3, -0.25) is 4.79 Å². The van der Waals surface area contributed by atoms with Crippen LogP contribution in [0.15, 0.2) is 46.9 Å². The van der Waals surface area contributed by atoms with Gasteiger partial charge in [0, 0.05) is 10.0 Å². The van der Waals surface area contributed by atoms with E-state index in [1.807, 2.05) is 25.1 Å². The smallest absolute Gasteiger partial charge is 0.184 e. The molecule has 2 rings (SSSR count). The zero-order valence-corrected chi connectivity index (χ0v) is 12.3. The van der Waals surface area contributed by atoms with Crippen LogP contribution in [0, 0.1) is 24.1 Å². The summed E-state index contributed by atoms with van der Waals surface area (Å²) in [6, 6.07) is 13.1. The minimum atomic E-state index is -0.927. The Balaban J connectivity index is 2.39. The lowest BCUT2D eigenvalue weighted by Gasteiger charge is -2.09. The summed E-state index contributed by atoms with van der Waals surface area (Å²) in [6.07, 6.45) is 0. The van der Waals surface area contributed by atoms with Gasteiger partial charge in [0.25, 0.3) is 0 Å². The molecule has 1 atom stereocenters. The lowest BCUT2D eigenvalue weighted by molar-refractivity contribution is 0.0978.